The number of likely N-dealkylation sites (tertiary alicyclic amines) is 1. The van der Waals surface area contributed by atoms with E-state index in [1.54, 1.807) is 24.5 Å². The van der Waals surface area contributed by atoms with Crippen LogP contribution in [-0.2, 0) is 16.0 Å². The molecule has 2 aromatic rings. The van der Waals surface area contributed by atoms with Crippen LogP contribution in [0.5, 0.6) is 11.5 Å². The molecule has 1 N–H and O–H groups in total. The van der Waals surface area contributed by atoms with E-state index >= 15 is 0 Å². The Morgan fingerprint density at radius 1 is 1.16 bits per heavy atom. The highest BCUT2D eigenvalue weighted by Gasteiger charge is 2.26. The van der Waals surface area contributed by atoms with Gasteiger partial charge in [0.05, 0.1) is 12.2 Å². The van der Waals surface area contributed by atoms with Gasteiger partial charge in [0.25, 0.3) is 0 Å². The second-order valence-electron chi connectivity index (χ2n) is 7.91. The molecule has 4 rings (SSSR count). The van der Waals surface area contributed by atoms with E-state index in [9.17, 15) is 14.4 Å². The number of aromatic nitrogens is 1. The van der Waals surface area contributed by atoms with Crippen LogP contribution in [0.2, 0.25) is 0 Å². The van der Waals surface area contributed by atoms with Gasteiger partial charge in [-0.3, -0.25) is 24.3 Å². The zero-order chi connectivity index (χ0) is 21.8. The number of amides is 1. The van der Waals surface area contributed by atoms with Crippen molar-refractivity contribution in [2.24, 2.45) is 5.92 Å². The van der Waals surface area contributed by atoms with Crippen LogP contribution in [0.15, 0.2) is 36.7 Å². The third kappa shape index (κ3) is 5.08. The fraction of sp³-hybridized carbons (Fsp3) is 0.391. The molecule has 1 aromatic carbocycles. The first-order valence-electron chi connectivity index (χ1n) is 10.4. The monoisotopic (exact) mass is 423 g/mol. The lowest BCUT2D eigenvalue weighted by molar-refractivity contribution is -0.123. The average molecular weight is 423 g/mol. The molecule has 8 nitrogen and oxygen atoms in total. The molecular formula is C23H25N3O5. The van der Waals surface area contributed by atoms with Crippen LogP contribution in [0.4, 0.5) is 5.69 Å². The molecule has 1 fully saturated rings. The van der Waals surface area contributed by atoms with E-state index in [-0.39, 0.29) is 36.7 Å². The van der Waals surface area contributed by atoms with E-state index in [2.05, 4.69) is 10.3 Å². The fourth-order valence-electron chi connectivity index (χ4n) is 3.99. The summed E-state index contributed by atoms with van der Waals surface area (Å²) < 4.78 is 10.7. The van der Waals surface area contributed by atoms with E-state index in [1.807, 2.05) is 17.0 Å². The summed E-state index contributed by atoms with van der Waals surface area (Å²) in [6.07, 6.45) is 5.28. The van der Waals surface area contributed by atoms with E-state index in [1.165, 1.54) is 6.92 Å². The average Bonchev–Trinajstić information content (AvgIpc) is 3.21. The van der Waals surface area contributed by atoms with E-state index in [0.29, 0.717) is 42.3 Å². The number of fused-ring (bicyclic) bond motifs is 1. The van der Waals surface area contributed by atoms with Crippen molar-refractivity contribution in [2.45, 2.75) is 26.2 Å². The van der Waals surface area contributed by atoms with Crippen molar-refractivity contribution in [1.29, 1.82) is 0 Å². The van der Waals surface area contributed by atoms with Crippen molar-refractivity contribution in [3.8, 4) is 11.5 Å². The third-order valence-electron chi connectivity index (χ3n) is 5.68. The number of piperidine rings is 1. The maximum Gasteiger partial charge on any atom is 0.238 e. The first kappa shape index (κ1) is 21.0. The second-order valence-corrected chi connectivity index (χ2v) is 7.91. The first-order valence-corrected chi connectivity index (χ1v) is 10.4. The number of Topliss-reactive ketones (excluding diaryl/α,β-unsaturated/α-hetero) is 2. The Labute approximate surface area is 180 Å². The highest BCUT2D eigenvalue weighted by atomic mass is 16.7. The smallest absolute Gasteiger partial charge is 0.238 e. The summed E-state index contributed by atoms with van der Waals surface area (Å²) in [7, 11) is 0. The molecule has 0 saturated carbocycles. The van der Waals surface area contributed by atoms with Crippen LogP contribution in [0, 0.1) is 5.92 Å². The van der Waals surface area contributed by atoms with Gasteiger partial charge in [-0.1, -0.05) is 6.07 Å². The molecule has 0 bridgehead atoms. The summed E-state index contributed by atoms with van der Waals surface area (Å²) in [5.74, 6) is 0.874. The molecular weight excluding hydrogens is 398 g/mol. The van der Waals surface area contributed by atoms with Gasteiger partial charge in [0.15, 0.2) is 17.3 Å². The number of pyridine rings is 1. The summed E-state index contributed by atoms with van der Waals surface area (Å²) in [6.45, 7) is 3.10. The van der Waals surface area contributed by atoms with Crippen LogP contribution in [0.3, 0.4) is 0 Å². The van der Waals surface area contributed by atoms with Crippen molar-refractivity contribution < 1.29 is 23.9 Å². The number of hydrogen-bond acceptors (Lipinski definition) is 7. The molecule has 2 aliphatic heterocycles. The molecule has 0 unspecified atom stereocenters. The highest BCUT2D eigenvalue weighted by molar-refractivity contribution is 6.05. The van der Waals surface area contributed by atoms with Crippen LogP contribution in [0.25, 0.3) is 0 Å². The zero-order valence-electron chi connectivity index (χ0n) is 17.4. The lowest BCUT2D eigenvalue weighted by Crippen LogP contribution is -2.41. The fourth-order valence-corrected chi connectivity index (χ4v) is 3.99. The summed E-state index contributed by atoms with van der Waals surface area (Å²) in [4.78, 5) is 43.2. The number of nitrogens with zero attached hydrogens (tertiary/aromatic N) is 2. The minimum absolute atomic E-state index is 0.0118. The normalized spacial score (nSPS) is 16.2. The Balaban J connectivity index is 1.30. The largest absolute Gasteiger partial charge is 0.454 e. The van der Waals surface area contributed by atoms with Crippen molar-refractivity contribution in [3.63, 3.8) is 0 Å². The molecule has 1 amide bonds. The predicted octanol–water partition coefficient (Wildman–Crippen LogP) is 2.48. The van der Waals surface area contributed by atoms with Gasteiger partial charge in [0.2, 0.25) is 12.7 Å². The predicted molar refractivity (Wildman–Crippen MR) is 113 cm³/mol. The van der Waals surface area contributed by atoms with E-state index in [0.717, 1.165) is 18.4 Å². The molecule has 1 saturated heterocycles. The first-order chi connectivity index (χ1) is 15.0. The highest BCUT2D eigenvalue weighted by Crippen LogP contribution is 2.37. The maximum atomic E-state index is 12.6. The third-order valence-corrected chi connectivity index (χ3v) is 5.68. The minimum Gasteiger partial charge on any atom is -0.454 e. The molecule has 0 atom stereocenters. The van der Waals surface area contributed by atoms with Crippen LogP contribution >= 0.6 is 0 Å². The topological polar surface area (TPSA) is 97.8 Å². The molecule has 0 aliphatic carbocycles. The van der Waals surface area contributed by atoms with Gasteiger partial charge in [-0.25, -0.2) is 0 Å². The number of carbonyl (C=O) groups is 3. The summed E-state index contributed by atoms with van der Waals surface area (Å²) in [5.41, 5.74) is 1.74. The Kier molecular flexibility index (Phi) is 6.27. The van der Waals surface area contributed by atoms with Crippen molar-refractivity contribution in [3.05, 3.63) is 47.8 Å². The number of nitrogens with one attached hydrogen (secondary N) is 1. The minimum atomic E-state index is -0.207. The Morgan fingerprint density at radius 3 is 2.58 bits per heavy atom. The van der Waals surface area contributed by atoms with Crippen LogP contribution < -0.4 is 14.8 Å². The van der Waals surface area contributed by atoms with Gasteiger partial charge < -0.3 is 14.8 Å². The number of ether oxygens (including phenoxy) is 2. The van der Waals surface area contributed by atoms with Crippen molar-refractivity contribution in [2.75, 3.05) is 31.7 Å². The SMILES string of the molecule is CC(=O)c1cc2c(cc1NC(=O)CN1CCC(C(=O)Cc3cccnc3)CC1)OCO2. The van der Waals surface area contributed by atoms with Crippen LogP contribution in [0.1, 0.15) is 35.7 Å². The maximum absolute atomic E-state index is 12.6. The lowest BCUT2D eigenvalue weighted by Gasteiger charge is -2.30. The van der Waals surface area contributed by atoms with Gasteiger partial charge >= 0.3 is 0 Å². The van der Waals surface area contributed by atoms with E-state index < -0.39 is 0 Å². The standard InChI is InChI=1S/C23H25N3O5/c1-15(27)18-10-21-22(31-14-30-21)11-19(18)25-23(29)13-26-7-4-17(5-8-26)20(28)9-16-3-2-6-24-12-16/h2-3,6,10-12,17H,4-5,7-9,13-14H2,1H3,(H,25,29). The molecule has 2 aliphatic rings. The number of hydrogen-bond donors (Lipinski definition) is 1. The molecule has 0 spiro atoms. The molecule has 3 heterocycles. The quantitative estimate of drug-likeness (QED) is 0.683. The molecule has 31 heavy (non-hydrogen) atoms. The molecule has 0 radical (unpaired) electrons. The van der Waals surface area contributed by atoms with Gasteiger partial charge in [-0.2, -0.15) is 0 Å². The van der Waals surface area contributed by atoms with Crippen molar-refractivity contribution >= 4 is 23.2 Å². The van der Waals surface area contributed by atoms with Crippen LogP contribution in [-0.4, -0.2) is 53.8 Å². The number of ketones is 2. The van der Waals surface area contributed by atoms with Gasteiger partial charge in [-0.15, -0.1) is 0 Å². The van der Waals surface area contributed by atoms with Crippen molar-refractivity contribution in [1.82, 2.24) is 9.88 Å². The summed E-state index contributed by atoms with van der Waals surface area (Å²) >= 11 is 0. The van der Waals surface area contributed by atoms with Gasteiger partial charge in [0, 0.05) is 36.4 Å². The second kappa shape index (κ2) is 9.26. The summed E-state index contributed by atoms with van der Waals surface area (Å²) in [5, 5.41) is 2.82. The molecule has 8 heteroatoms. The Morgan fingerprint density at radius 2 is 1.90 bits per heavy atom. The summed E-state index contributed by atoms with van der Waals surface area (Å²) in [6, 6.07) is 6.97. The lowest BCUT2D eigenvalue weighted by atomic mass is 9.89. The number of carbonyl (C=O) groups excluding carboxylic acids is 3. The van der Waals surface area contributed by atoms with Gasteiger partial charge in [0.1, 0.15) is 5.78 Å². The van der Waals surface area contributed by atoms with Gasteiger partial charge in [-0.05, 0) is 50.6 Å². The molecule has 162 valence electrons. The Bertz CT molecular complexity index is 984. The number of rotatable bonds is 7. The van der Waals surface area contributed by atoms with E-state index in [4.69, 9.17) is 9.47 Å². The Hall–Kier alpha value is -3.26. The zero-order valence-corrected chi connectivity index (χ0v) is 17.4. The molecule has 1 aromatic heterocycles. The number of anilines is 1. The number of benzene rings is 1.